The van der Waals surface area contributed by atoms with Gasteiger partial charge in [0.1, 0.15) is 6.61 Å². The van der Waals surface area contributed by atoms with Crippen molar-refractivity contribution in [1.29, 1.82) is 0 Å². The molecule has 3 aromatic rings. The smallest absolute Gasteiger partial charge is 0.174 e. The Balaban J connectivity index is 1.55. The SMILES string of the molecule is CCCC/C=C/COc1ccc(-c2ccc(-c3ccc(CCCCC)cc3)cc2)s1. The number of benzene rings is 2. The summed E-state index contributed by atoms with van der Waals surface area (Å²) in [6.07, 6.45) is 13.0. The summed E-state index contributed by atoms with van der Waals surface area (Å²) in [6, 6.07) is 22.2. The first kappa shape index (κ1) is 22.4. The third-order valence-corrected chi connectivity index (χ3v) is 6.37. The van der Waals surface area contributed by atoms with Crippen molar-refractivity contribution in [2.24, 2.45) is 0 Å². The van der Waals surface area contributed by atoms with Gasteiger partial charge in [-0.2, -0.15) is 0 Å². The van der Waals surface area contributed by atoms with Crippen LogP contribution in [-0.2, 0) is 6.42 Å². The molecule has 0 bridgehead atoms. The maximum atomic E-state index is 5.86. The molecule has 0 unspecified atom stereocenters. The maximum absolute atomic E-state index is 5.86. The molecule has 158 valence electrons. The fourth-order valence-electron chi connectivity index (χ4n) is 3.46. The maximum Gasteiger partial charge on any atom is 0.174 e. The quantitative estimate of drug-likeness (QED) is 0.211. The molecular formula is C28H34OS. The van der Waals surface area contributed by atoms with Gasteiger partial charge in [0.15, 0.2) is 5.06 Å². The van der Waals surface area contributed by atoms with Crippen LogP contribution in [-0.4, -0.2) is 6.61 Å². The molecule has 0 spiro atoms. The van der Waals surface area contributed by atoms with Gasteiger partial charge in [0.2, 0.25) is 0 Å². The molecule has 0 radical (unpaired) electrons. The Bertz CT molecular complexity index is 887. The normalized spacial score (nSPS) is 11.3. The molecule has 0 aliphatic rings. The second kappa shape index (κ2) is 12.4. The van der Waals surface area contributed by atoms with Gasteiger partial charge in [0.05, 0.1) is 0 Å². The van der Waals surface area contributed by atoms with Crippen LogP contribution in [0.4, 0.5) is 0 Å². The molecule has 0 saturated heterocycles. The number of unbranched alkanes of at least 4 members (excludes halogenated alkanes) is 4. The van der Waals surface area contributed by atoms with Crippen molar-refractivity contribution in [3.63, 3.8) is 0 Å². The average molecular weight is 419 g/mol. The topological polar surface area (TPSA) is 9.23 Å². The van der Waals surface area contributed by atoms with Crippen LogP contribution in [0.2, 0.25) is 0 Å². The zero-order valence-electron chi connectivity index (χ0n) is 18.4. The Morgan fingerprint density at radius 2 is 1.37 bits per heavy atom. The van der Waals surface area contributed by atoms with Gasteiger partial charge in [-0.25, -0.2) is 0 Å². The van der Waals surface area contributed by atoms with Gasteiger partial charge in [-0.15, -0.1) is 0 Å². The number of allylic oxidation sites excluding steroid dienone is 1. The van der Waals surface area contributed by atoms with Gasteiger partial charge in [0.25, 0.3) is 0 Å². The average Bonchev–Trinajstić information content (AvgIpc) is 3.26. The van der Waals surface area contributed by atoms with E-state index in [0.717, 1.165) is 11.5 Å². The van der Waals surface area contributed by atoms with Crippen molar-refractivity contribution in [1.82, 2.24) is 0 Å². The second-order valence-electron chi connectivity index (χ2n) is 7.77. The third kappa shape index (κ3) is 6.88. The van der Waals surface area contributed by atoms with E-state index in [1.165, 1.54) is 65.7 Å². The minimum absolute atomic E-state index is 0.650. The lowest BCUT2D eigenvalue weighted by Gasteiger charge is -2.06. The van der Waals surface area contributed by atoms with E-state index in [1.54, 1.807) is 11.3 Å². The molecule has 2 heteroatoms. The molecule has 3 rings (SSSR count). The van der Waals surface area contributed by atoms with Crippen molar-refractivity contribution >= 4 is 11.3 Å². The van der Waals surface area contributed by atoms with Gasteiger partial charge in [-0.3, -0.25) is 0 Å². The molecule has 0 saturated carbocycles. The first-order valence-corrected chi connectivity index (χ1v) is 12.2. The molecular weight excluding hydrogens is 384 g/mol. The molecule has 0 N–H and O–H groups in total. The number of hydrogen-bond donors (Lipinski definition) is 0. The zero-order valence-corrected chi connectivity index (χ0v) is 19.2. The molecule has 2 aromatic carbocycles. The Labute approximate surface area is 186 Å². The largest absolute Gasteiger partial charge is 0.480 e. The highest BCUT2D eigenvalue weighted by atomic mass is 32.1. The van der Waals surface area contributed by atoms with E-state index in [-0.39, 0.29) is 0 Å². The zero-order chi connectivity index (χ0) is 21.0. The van der Waals surface area contributed by atoms with Crippen LogP contribution >= 0.6 is 11.3 Å². The van der Waals surface area contributed by atoms with Crippen molar-refractivity contribution in [3.8, 4) is 26.6 Å². The molecule has 1 heterocycles. The van der Waals surface area contributed by atoms with Gasteiger partial charge in [0, 0.05) is 4.88 Å². The summed E-state index contributed by atoms with van der Waals surface area (Å²) >= 11 is 1.71. The first-order chi connectivity index (χ1) is 14.8. The Hall–Kier alpha value is -2.32. The van der Waals surface area contributed by atoms with Crippen LogP contribution < -0.4 is 4.74 Å². The lowest BCUT2D eigenvalue weighted by molar-refractivity contribution is 0.373. The van der Waals surface area contributed by atoms with Crippen LogP contribution in [0.15, 0.2) is 72.8 Å². The van der Waals surface area contributed by atoms with E-state index >= 15 is 0 Å². The van der Waals surface area contributed by atoms with E-state index in [2.05, 4.69) is 86.7 Å². The monoisotopic (exact) mass is 418 g/mol. The summed E-state index contributed by atoms with van der Waals surface area (Å²) < 4.78 is 5.86. The van der Waals surface area contributed by atoms with E-state index in [1.807, 2.05) is 0 Å². The molecule has 1 nitrogen and oxygen atoms in total. The van der Waals surface area contributed by atoms with Gasteiger partial charge in [-0.05, 0) is 53.6 Å². The number of hydrogen-bond acceptors (Lipinski definition) is 2. The van der Waals surface area contributed by atoms with Crippen LogP contribution in [0.3, 0.4) is 0 Å². The number of thiophene rings is 1. The summed E-state index contributed by atoms with van der Waals surface area (Å²) in [5, 5.41) is 0.980. The summed E-state index contributed by atoms with van der Waals surface area (Å²) in [5.74, 6) is 0. The number of aryl methyl sites for hydroxylation is 1. The van der Waals surface area contributed by atoms with Gasteiger partial charge >= 0.3 is 0 Å². The summed E-state index contributed by atoms with van der Waals surface area (Å²) in [5.41, 5.74) is 5.23. The Morgan fingerprint density at radius 1 is 0.700 bits per heavy atom. The summed E-state index contributed by atoms with van der Waals surface area (Å²) in [7, 11) is 0. The Kier molecular flexibility index (Phi) is 9.24. The standard InChI is InChI=1S/C28H34OS/c1-3-5-7-8-10-22-29-28-21-20-27(30-28)26-18-16-25(17-19-26)24-14-12-23(13-15-24)11-9-6-4-2/h8,10,12-21H,3-7,9,11,22H2,1-2H3/b10-8+. The minimum atomic E-state index is 0.650. The van der Waals surface area contributed by atoms with Crippen LogP contribution in [0.5, 0.6) is 5.06 Å². The van der Waals surface area contributed by atoms with Gasteiger partial charge < -0.3 is 4.74 Å². The lowest BCUT2D eigenvalue weighted by atomic mass is 10.0. The van der Waals surface area contributed by atoms with E-state index in [4.69, 9.17) is 4.74 Å². The molecule has 0 atom stereocenters. The summed E-state index contributed by atoms with van der Waals surface area (Å²) in [6.45, 7) is 5.12. The molecule has 0 amide bonds. The minimum Gasteiger partial charge on any atom is -0.480 e. The molecule has 30 heavy (non-hydrogen) atoms. The van der Waals surface area contributed by atoms with Crippen molar-refractivity contribution in [3.05, 3.63) is 78.4 Å². The van der Waals surface area contributed by atoms with Crippen LogP contribution in [0.1, 0.15) is 57.9 Å². The van der Waals surface area contributed by atoms with Crippen molar-refractivity contribution < 1.29 is 4.74 Å². The van der Waals surface area contributed by atoms with Crippen molar-refractivity contribution in [2.75, 3.05) is 6.61 Å². The molecule has 0 fully saturated rings. The highest BCUT2D eigenvalue weighted by Crippen LogP contribution is 2.34. The van der Waals surface area contributed by atoms with E-state index < -0.39 is 0 Å². The van der Waals surface area contributed by atoms with Gasteiger partial charge in [-0.1, -0.05) is 112 Å². The molecule has 1 aromatic heterocycles. The molecule has 0 aliphatic carbocycles. The fourth-order valence-corrected chi connectivity index (χ4v) is 4.33. The predicted octanol–water partition coefficient (Wildman–Crippen LogP) is 8.94. The predicted molar refractivity (Wildman–Crippen MR) is 133 cm³/mol. The fraction of sp³-hybridized carbons (Fsp3) is 0.357. The third-order valence-electron chi connectivity index (χ3n) is 5.32. The summed E-state index contributed by atoms with van der Waals surface area (Å²) in [4.78, 5) is 1.25. The lowest BCUT2D eigenvalue weighted by Crippen LogP contribution is -1.90. The molecule has 0 aliphatic heterocycles. The second-order valence-corrected chi connectivity index (χ2v) is 8.82. The Morgan fingerprint density at radius 3 is 2.07 bits per heavy atom. The first-order valence-electron chi connectivity index (χ1n) is 11.4. The van der Waals surface area contributed by atoms with Crippen LogP contribution in [0, 0.1) is 0 Å². The van der Waals surface area contributed by atoms with E-state index in [9.17, 15) is 0 Å². The number of rotatable bonds is 12. The van der Waals surface area contributed by atoms with Crippen molar-refractivity contribution in [2.45, 2.75) is 58.8 Å². The number of ether oxygens (including phenoxy) is 1. The van der Waals surface area contributed by atoms with E-state index in [0.29, 0.717) is 6.61 Å². The highest BCUT2D eigenvalue weighted by molar-refractivity contribution is 7.17. The highest BCUT2D eigenvalue weighted by Gasteiger charge is 2.05. The van der Waals surface area contributed by atoms with Crippen LogP contribution in [0.25, 0.3) is 21.6 Å².